The fourth-order valence-electron chi connectivity index (χ4n) is 4.07. The highest BCUT2D eigenvalue weighted by Crippen LogP contribution is 2.38. The molecule has 0 radical (unpaired) electrons. The van der Waals surface area contributed by atoms with E-state index in [0.29, 0.717) is 5.25 Å². The summed E-state index contributed by atoms with van der Waals surface area (Å²) in [5.74, 6) is 0.745. The highest BCUT2D eigenvalue weighted by atomic mass is 32.2. The molecule has 1 aromatic carbocycles. The zero-order chi connectivity index (χ0) is 14.8. The minimum absolute atomic E-state index is 0.262. The molecule has 0 aliphatic heterocycles. The van der Waals surface area contributed by atoms with E-state index in [9.17, 15) is 4.21 Å². The van der Waals surface area contributed by atoms with Crippen molar-refractivity contribution in [1.29, 1.82) is 0 Å². The summed E-state index contributed by atoms with van der Waals surface area (Å²) in [6.07, 6.45) is 5.85. The standard InChI is InChI=1S/C18H27NOS/c1-3-19-18-16-10-5-4-8-14(16)12-17(18)21(20)15-9-6-7-13(2)11-15/h4-5,8,10,13,15,17-19H,3,6-7,9,11-12H2,1-2H3. The van der Waals surface area contributed by atoms with E-state index in [1.165, 1.54) is 24.0 Å². The molecule has 0 heterocycles. The van der Waals surface area contributed by atoms with E-state index in [4.69, 9.17) is 0 Å². The monoisotopic (exact) mass is 305 g/mol. The van der Waals surface area contributed by atoms with Crippen molar-refractivity contribution in [3.05, 3.63) is 35.4 Å². The molecule has 0 saturated heterocycles. The molecule has 3 rings (SSSR count). The summed E-state index contributed by atoms with van der Waals surface area (Å²) in [7, 11) is -0.723. The zero-order valence-electron chi connectivity index (χ0n) is 13.2. The van der Waals surface area contributed by atoms with Crippen LogP contribution in [-0.2, 0) is 17.2 Å². The first kappa shape index (κ1) is 15.2. The lowest BCUT2D eigenvalue weighted by Crippen LogP contribution is -2.37. The van der Waals surface area contributed by atoms with Crippen molar-refractivity contribution in [2.75, 3.05) is 6.54 Å². The van der Waals surface area contributed by atoms with E-state index in [1.807, 2.05) is 0 Å². The third-order valence-electron chi connectivity index (χ3n) is 5.12. The first-order valence-electron chi connectivity index (χ1n) is 8.41. The summed E-state index contributed by atoms with van der Waals surface area (Å²) in [5.41, 5.74) is 2.77. The molecule has 1 saturated carbocycles. The minimum atomic E-state index is -0.723. The maximum atomic E-state index is 13.2. The summed E-state index contributed by atoms with van der Waals surface area (Å²) in [4.78, 5) is 0. The van der Waals surface area contributed by atoms with Gasteiger partial charge in [0, 0.05) is 22.1 Å². The first-order valence-corrected chi connectivity index (χ1v) is 9.69. The first-order chi connectivity index (χ1) is 10.2. The fraction of sp³-hybridized carbons (Fsp3) is 0.667. The van der Waals surface area contributed by atoms with Gasteiger partial charge in [0.2, 0.25) is 0 Å². The van der Waals surface area contributed by atoms with Gasteiger partial charge >= 0.3 is 0 Å². The van der Waals surface area contributed by atoms with E-state index in [2.05, 4.69) is 43.4 Å². The highest BCUT2D eigenvalue weighted by Gasteiger charge is 2.39. The molecule has 2 aliphatic rings. The van der Waals surface area contributed by atoms with Crippen LogP contribution in [0.5, 0.6) is 0 Å². The topological polar surface area (TPSA) is 29.1 Å². The molecule has 1 aromatic rings. The van der Waals surface area contributed by atoms with Crippen LogP contribution in [0.15, 0.2) is 24.3 Å². The van der Waals surface area contributed by atoms with Crippen LogP contribution in [0.25, 0.3) is 0 Å². The van der Waals surface area contributed by atoms with Crippen LogP contribution in [-0.4, -0.2) is 21.3 Å². The van der Waals surface area contributed by atoms with Gasteiger partial charge < -0.3 is 5.32 Å². The molecular weight excluding hydrogens is 278 g/mol. The molecule has 3 heteroatoms. The lowest BCUT2D eigenvalue weighted by molar-refractivity contribution is 0.386. The van der Waals surface area contributed by atoms with Gasteiger partial charge in [-0.2, -0.15) is 0 Å². The van der Waals surface area contributed by atoms with Gasteiger partial charge in [0.15, 0.2) is 0 Å². The minimum Gasteiger partial charge on any atom is -0.309 e. The number of rotatable bonds is 4. The average molecular weight is 305 g/mol. The molecule has 0 aromatic heterocycles. The van der Waals surface area contributed by atoms with Gasteiger partial charge in [0.25, 0.3) is 0 Å². The van der Waals surface area contributed by atoms with Crippen LogP contribution in [0.1, 0.15) is 56.7 Å². The van der Waals surface area contributed by atoms with Crippen molar-refractivity contribution in [3.63, 3.8) is 0 Å². The molecule has 0 spiro atoms. The molecule has 1 fully saturated rings. The lowest BCUT2D eigenvalue weighted by atomic mass is 9.90. The molecule has 21 heavy (non-hydrogen) atoms. The van der Waals surface area contributed by atoms with Crippen molar-refractivity contribution in [2.24, 2.45) is 5.92 Å². The fourth-order valence-corrected chi connectivity index (χ4v) is 6.34. The summed E-state index contributed by atoms with van der Waals surface area (Å²) < 4.78 is 13.2. The van der Waals surface area contributed by atoms with Gasteiger partial charge in [-0.3, -0.25) is 4.21 Å². The van der Waals surface area contributed by atoms with Crippen LogP contribution in [0.2, 0.25) is 0 Å². The second-order valence-corrected chi connectivity index (χ2v) is 8.63. The molecule has 2 aliphatic carbocycles. The number of fused-ring (bicyclic) bond motifs is 1. The van der Waals surface area contributed by atoms with E-state index < -0.39 is 10.8 Å². The van der Waals surface area contributed by atoms with Crippen molar-refractivity contribution in [3.8, 4) is 0 Å². The molecule has 5 unspecified atom stereocenters. The normalized spacial score (nSPS) is 33.6. The number of hydrogen-bond acceptors (Lipinski definition) is 2. The molecule has 0 amide bonds. The predicted molar refractivity (Wildman–Crippen MR) is 89.9 cm³/mol. The highest BCUT2D eigenvalue weighted by molar-refractivity contribution is 7.86. The molecule has 5 atom stereocenters. The summed E-state index contributed by atoms with van der Waals surface area (Å²) in [5, 5.41) is 4.26. The molecular formula is C18H27NOS. The number of hydrogen-bond donors (Lipinski definition) is 1. The number of nitrogens with one attached hydrogen (secondary N) is 1. The quantitative estimate of drug-likeness (QED) is 0.921. The van der Waals surface area contributed by atoms with E-state index in [1.54, 1.807) is 0 Å². The van der Waals surface area contributed by atoms with Gasteiger partial charge in [0.05, 0.1) is 5.25 Å². The molecule has 0 bridgehead atoms. The molecule has 2 nitrogen and oxygen atoms in total. The smallest absolute Gasteiger partial charge is 0.0586 e. The van der Waals surface area contributed by atoms with Crippen molar-refractivity contribution >= 4 is 10.8 Å². The summed E-state index contributed by atoms with van der Waals surface area (Å²) >= 11 is 0. The van der Waals surface area contributed by atoms with Crippen molar-refractivity contribution in [1.82, 2.24) is 5.32 Å². The Morgan fingerprint density at radius 3 is 2.86 bits per heavy atom. The zero-order valence-corrected chi connectivity index (χ0v) is 14.0. The lowest BCUT2D eigenvalue weighted by Gasteiger charge is -2.30. The summed E-state index contributed by atoms with van der Waals surface area (Å²) in [6.45, 7) is 5.39. The van der Waals surface area contributed by atoms with Gasteiger partial charge in [-0.05, 0) is 42.9 Å². The average Bonchev–Trinajstić information content (AvgIpc) is 2.86. The van der Waals surface area contributed by atoms with E-state index >= 15 is 0 Å². The van der Waals surface area contributed by atoms with Crippen LogP contribution >= 0.6 is 0 Å². The Hall–Kier alpha value is -0.670. The van der Waals surface area contributed by atoms with Crippen molar-refractivity contribution in [2.45, 2.75) is 62.5 Å². The predicted octanol–water partition coefficient (Wildman–Crippen LogP) is 3.59. The molecule has 1 N–H and O–H groups in total. The Morgan fingerprint density at radius 2 is 2.10 bits per heavy atom. The Balaban J connectivity index is 1.80. The van der Waals surface area contributed by atoms with Crippen LogP contribution in [0, 0.1) is 5.92 Å². The van der Waals surface area contributed by atoms with Gasteiger partial charge in [-0.15, -0.1) is 0 Å². The second-order valence-electron chi connectivity index (χ2n) is 6.70. The number of benzene rings is 1. The largest absolute Gasteiger partial charge is 0.309 e. The van der Waals surface area contributed by atoms with Gasteiger partial charge in [-0.1, -0.05) is 51.0 Å². The Morgan fingerprint density at radius 1 is 1.29 bits per heavy atom. The van der Waals surface area contributed by atoms with E-state index in [0.717, 1.165) is 31.7 Å². The van der Waals surface area contributed by atoms with Gasteiger partial charge in [-0.25, -0.2) is 0 Å². The van der Waals surface area contributed by atoms with Gasteiger partial charge in [0.1, 0.15) is 0 Å². The maximum Gasteiger partial charge on any atom is 0.0586 e. The SMILES string of the molecule is CCNC1c2ccccc2CC1S(=O)C1CCCC(C)C1. The third-order valence-corrected chi connectivity index (χ3v) is 7.24. The van der Waals surface area contributed by atoms with Crippen LogP contribution < -0.4 is 5.32 Å². The summed E-state index contributed by atoms with van der Waals surface area (Å²) in [6, 6.07) is 8.92. The Labute approximate surface area is 131 Å². The molecule has 116 valence electrons. The third kappa shape index (κ3) is 3.09. The van der Waals surface area contributed by atoms with Crippen LogP contribution in [0.3, 0.4) is 0 Å². The Kier molecular flexibility index (Phi) is 4.80. The maximum absolute atomic E-state index is 13.2. The van der Waals surface area contributed by atoms with Crippen LogP contribution in [0.4, 0.5) is 0 Å². The Bertz CT molecular complexity index is 516. The van der Waals surface area contributed by atoms with E-state index in [-0.39, 0.29) is 11.3 Å². The van der Waals surface area contributed by atoms with Crippen molar-refractivity contribution < 1.29 is 4.21 Å². The second kappa shape index (κ2) is 6.62.